The van der Waals surface area contributed by atoms with Crippen LogP contribution in [0.5, 0.6) is 17.2 Å². The summed E-state index contributed by atoms with van der Waals surface area (Å²) in [7, 11) is 1.59. The van der Waals surface area contributed by atoms with Crippen LogP contribution in [0.25, 0.3) is 0 Å². The van der Waals surface area contributed by atoms with E-state index >= 15 is 0 Å². The van der Waals surface area contributed by atoms with Crippen molar-refractivity contribution in [2.24, 2.45) is 0 Å². The molecule has 1 aromatic heterocycles. The maximum Gasteiger partial charge on any atom is 0.415 e. The quantitative estimate of drug-likeness (QED) is 0.808. The zero-order valence-corrected chi connectivity index (χ0v) is 16.5. The van der Waals surface area contributed by atoms with Crippen molar-refractivity contribution < 1.29 is 19.0 Å². The molecule has 1 unspecified atom stereocenters. The number of halogens is 2. The summed E-state index contributed by atoms with van der Waals surface area (Å²) in [6.07, 6.45) is 2.95. The lowest BCUT2D eigenvalue weighted by Gasteiger charge is -2.35. The van der Waals surface area contributed by atoms with Gasteiger partial charge in [-0.3, -0.25) is 9.88 Å². The van der Waals surface area contributed by atoms with E-state index in [4.69, 9.17) is 14.2 Å². The number of nitrogens with zero attached hydrogens (tertiary/aromatic N) is 2. The summed E-state index contributed by atoms with van der Waals surface area (Å²) in [5.74, 6) is 1.87. The minimum atomic E-state index is -0.383. The van der Waals surface area contributed by atoms with Crippen LogP contribution in [0.4, 0.5) is 4.79 Å². The number of carbonyl (C=O) groups is 1. The first kappa shape index (κ1) is 22.8. The number of carbonyl (C=O) groups excluding carboxylic acids is 1. The lowest BCUT2D eigenvalue weighted by atomic mass is 10.2. The van der Waals surface area contributed by atoms with Crippen LogP contribution in [0.15, 0.2) is 48.8 Å². The average Bonchev–Trinajstić information content (AvgIpc) is 2.68. The molecular weight excluding hydrogens is 393 g/mol. The standard InChI is InChI=1S/C18H21N3O4.2ClH/c1-23-15-4-6-16(7-5-15)25-18(22)21-10-9-20-11-14(21)13-24-17-3-2-8-19-12-17;;/h2-8,12,14,20H,9-11,13H2,1H3;2*1H. The molecule has 0 bridgehead atoms. The van der Waals surface area contributed by atoms with Gasteiger partial charge in [0.15, 0.2) is 0 Å². The zero-order valence-electron chi connectivity index (χ0n) is 14.9. The average molecular weight is 416 g/mol. The van der Waals surface area contributed by atoms with E-state index in [0.29, 0.717) is 36.9 Å². The number of nitrogens with one attached hydrogen (secondary N) is 1. The predicted molar refractivity (Wildman–Crippen MR) is 107 cm³/mol. The first-order chi connectivity index (χ1) is 12.3. The Labute approximate surface area is 170 Å². The second-order valence-corrected chi connectivity index (χ2v) is 5.59. The fraction of sp³-hybridized carbons (Fsp3) is 0.333. The van der Waals surface area contributed by atoms with E-state index in [-0.39, 0.29) is 36.9 Å². The SMILES string of the molecule is COc1ccc(OC(=O)N2CCNCC2COc2cccnc2)cc1.Cl.Cl. The third kappa shape index (κ3) is 6.46. The highest BCUT2D eigenvalue weighted by Gasteiger charge is 2.28. The number of piperazine rings is 1. The van der Waals surface area contributed by atoms with Crippen molar-refractivity contribution in [1.82, 2.24) is 15.2 Å². The molecule has 3 rings (SSSR count). The maximum absolute atomic E-state index is 12.5. The lowest BCUT2D eigenvalue weighted by molar-refractivity contribution is 0.0953. The van der Waals surface area contributed by atoms with Crippen LogP contribution >= 0.6 is 24.8 Å². The molecule has 1 fully saturated rings. The molecule has 148 valence electrons. The van der Waals surface area contributed by atoms with E-state index in [1.807, 2.05) is 12.1 Å². The van der Waals surface area contributed by atoms with Gasteiger partial charge < -0.3 is 19.5 Å². The summed E-state index contributed by atoms with van der Waals surface area (Å²) >= 11 is 0. The van der Waals surface area contributed by atoms with E-state index in [1.165, 1.54) is 0 Å². The Kier molecular flexibility index (Phi) is 9.71. The minimum absolute atomic E-state index is 0. The molecule has 9 heteroatoms. The van der Waals surface area contributed by atoms with Gasteiger partial charge in [0.1, 0.15) is 23.9 Å². The predicted octanol–water partition coefficient (Wildman–Crippen LogP) is 2.79. The van der Waals surface area contributed by atoms with Crippen molar-refractivity contribution in [2.75, 3.05) is 33.4 Å². The largest absolute Gasteiger partial charge is 0.497 e. The normalized spacial score (nSPS) is 15.7. The zero-order chi connectivity index (χ0) is 17.5. The molecule has 1 atom stereocenters. The molecular formula is C18H23Cl2N3O4. The third-order valence-corrected chi connectivity index (χ3v) is 3.93. The second kappa shape index (κ2) is 11.5. The number of amides is 1. The van der Waals surface area contributed by atoms with Crippen molar-refractivity contribution in [1.29, 1.82) is 0 Å². The second-order valence-electron chi connectivity index (χ2n) is 5.59. The fourth-order valence-electron chi connectivity index (χ4n) is 2.58. The first-order valence-corrected chi connectivity index (χ1v) is 8.12. The Morgan fingerprint density at radius 2 is 1.93 bits per heavy atom. The highest BCUT2D eigenvalue weighted by Crippen LogP contribution is 2.19. The van der Waals surface area contributed by atoms with Crippen LogP contribution in [0.2, 0.25) is 0 Å². The number of hydrogen-bond donors (Lipinski definition) is 1. The number of benzene rings is 1. The molecule has 0 saturated carbocycles. The number of pyridine rings is 1. The third-order valence-electron chi connectivity index (χ3n) is 3.93. The Bertz CT molecular complexity index is 689. The van der Waals surface area contributed by atoms with Crippen LogP contribution in [0, 0.1) is 0 Å². The molecule has 0 aliphatic carbocycles. The molecule has 2 aromatic rings. The summed E-state index contributed by atoms with van der Waals surface area (Å²) < 4.78 is 16.3. The smallest absolute Gasteiger partial charge is 0.415 e. The summed E-state index contributed by atoms with van der Waals surface area (Å²) in [6, 6.07) is 10.5. The van der Waals surface area contributed by atoms with Crippen molar-refractivity contribution in [3.05, 3.63) is 48.8 Å². The monoisotopic (exact) mass is 415 g/mol. The van der Waals surface area contributed by atoms with Gasteiger partial charge in [-0.15, -0.1) is 24.8 Å². The number of methoxy groups -OCH3 is 1. The maximum atomic E-state index is 12.5. The van der Waals surface area contributed by atoms with Crippen LogP contribution in [-0.4, -0.2) is 55.4 Å². The Morgan fingerprint density at radius 3 is 2.59 bits per heavy atom. The van der Waals surface area contributed by atoms with E-state index in [1.54, 1.807) is 48.7 Å². The van der Waals surface area contributed by atoms with Gasteiger partial charge in [0.05, 0.1) is 19.3 Å². The van der Waals surface area contributed by atoms with Gasteiger partial charge in [-0.2, -0.15) is 0 Å². The molecule has 1 amide bonds. The Hall–Kier alpha value is -2.22. The lowest BCUT2D eigenvalue weighted by Crippen LogP contribution is -2.56. The molecule has 1 aliphatic heterocycles. The molecule has 7 nitrogen and oxygen atoms in total. The number of ether oxygens (including phenoxy) is 3. The van der Waals surface area contributed by atoms with Crippen LogP contribution in [0.3, 0.4) is 0 Å². The van der Waals surface area contributed by atoms with Crippen molar-refractivity contribution in [2.45, 2.75) is 6.04 Å². The first-order valence-electron chi connectivity index (χ1n) is 8.12. The molecule has 27 heavy (non-hydrogen) atoms. The van der Waals surface area contributed by atoms with Crippen molar-refractivity contribution in [3.8, 4) is 17.2 Å². The number of hydrogen-bond acceptors (Lipinski definition) is 6. The Morgan fingerprint density at radius 1 is 1.19 bits per heavy atom. The van der Waals surface area contributed by atoms with E-state index < -0.39 is 0 Å². The summed E-state index contributed by atoms with van der Waals surface area (Å²) in [4.78, 5) is 18.2. The highest BCUT2D eigenvalue weighted by molar-refractivity contribution is 5.85. The summed E-state index contributed by atoms with van der Waals surface area (Å²) in [5.41, 5.74) is 0. The summed E-state index contributed by atoms with van der Waals surface area (Å²) in [5, 5.41) is 3.27. The van der Waals surface area contributed by atoms with Crippen molar-refractivity contribution >= 4 is 30.9 Å². The van der Waals surface area contributed by atoms with Gasteiger partial charge in [0.25, 0.3) is 0 Å². The van der Waals surface area contributed by atoms with E-state index in [9.17, 15) is 4.79 Å². The van der Waals surface area contributed by atoms with Crippen LogP contribution in [-0.2, 0) is 0 Å². The number of aromatic nitrogens is 1. The van der Waals surface area contributed by atoms with Crippen LogP contribution < -0.4 is 19.5 Å². The highest BCUT2D eigenvalue weighted by atomic mass is 35.5. The van der Waals surface area contributed by atoms with E-state index in [2.05, 4.69) is 10.3 Å². The minimum Gasteiger partial charge on any atom is -0.497 e. The summed E-state index contributed by atoms with van der Waals surface area (Å²) in [6.45, 7) is 2.31. The van der Waals surface area contributed by atoms with Crippen LogP contribution in [0.1, 0.15) is 0 Å². The van der Waals surface area contributed by atoms with Gasteiger partial charge in [0, 0.05) is 25.8 Å². The topological polar surface area (TPSA) is 72.9 Å². The molecule has 0 spiro atoms. The van der Waals surface area contributed by atoms with Gasteiger partial charge in [-0.05, 0) is 36.4 Å². The molecule has 1 aliphatic rings. The van der Waals surface area contributed by atoms with Gasteiger partial charge >= 0.3 is 6.09 Å². The number of rotatable bonds is 5. The van der Waals surface area contributed by atoms with Gasteiger partial charge in [-0.25, -0.2) is 4.79 Å². The van der Waals surface area contributed by atoms with Gasteiger partial charge in [-0.1, -0.05) is 0 Å². The van der Waals surface area contributed by atoms with Crippen molar-refractivity contribution in [3.63, 3.8) is 0 Å². The molecule has 0 radical (unpaired) electrons. The Balaban J connectivity index is 0.00000182. The molecule has 1 saturated heterocycles. The fourth-order valence-corrected chi connectivity index (χ4v) is 2.58. The molecule has 2 heterocycles. The van der Waals surface area contributed by atoms with Gasteiger partial charge in [0.2, 0.25) is 0 Å². The molecule has 1 aromatic carbocycles. The van der Waals surface area contributed by atoms with E-state index in [0.717, 1.165) is 6.54 Å². The molecule has 1 N–H and O–H groups in total.